The fourth-order valence-corrected chi connectivity index (χ4v) is 2.40. The minimum atomic E-state index is -0.807. The molecule has 2 N–H and O–H groups in total. The first-order valence-electron chi connectivity index (χ1n) is 5.84. The van der Waals surface area contributed by atoms with Gasteiger partial charge in [-0.3, -0.25) is 4.79 Å². The molecule has 1 saturated carbocycles. The van der Waals surface area contributed by atoms with Gasteiger partial charge >= 0.3 is 12.0 Å². The third-order valence-corrected chi connectivity index (χ3v) is 3.54. The number of amides is 2. The molecule has 0 radical (unpaired) electrons. The molecule has 0 spiro atoms. The van der Waals surface area contributed by atoms with Crippen molar-refractivity contribution < 1.29 is 14.7 Å². The van der Waals surface area contributed by atoms with Gasteiger partial charge in [0.2, 0.25) is 0 Å². The standard InChI is InChI=1S/C11H18N2O3/c1-7-2-3-9(4-7)12-11(16)13-5-8(6-13)10(14)15/h7-9H,2-6H2,1H3,(H,12,16)(H,14,15). The van der Waals surface area contributed by atoms with E-state index < -0.39 is 5.97 Å². The second-order valence-corrected chi connectivity index (χ2v) is 5.00. The zero-order valence-corrected chi connectivity index (χ0v) is 9.48. The van der Waals surface area contributed by atoms with Crippen LogP contribution < -0.4 is 5.32 Å². The van der Waals surface area contributed by atoms with Gasteiger partial charge in [-0.25, -0.2) is 4.79 Å². The molecule has 2 fully saturated rings. The van der Waals surface area contributed by atoms with Gasteiger partial charge in [0.1, 0.15) is 0 Å². The summed E-state index contributed by atoms with van der Waals surface area (Å²) < 4.78 is 0. The molecule has 5 nitrogen and oxygen atoms in total. The van der Waals surface area contributed by atoms with Crippen LogP contribution in [0.4, 0.5) is 4.79 Å². The highest BCUT2D eigenvalue weighted by Crippen LogP contribution is 2.25. The van der Waals surface area contributed by atoms with Crippen molar-refractivity contribution in [3.8, 4) is 0 Å². The first-order valence-corrected chi connectivity index (χ1v) is 5.84. The maximum absolute atomic E-state index is 11.7. The van der Waals surface area contributed by atoms with Gasteiger partial charge in [0.15, 0.2) is 0 Å². The summed E-state index contributed by atoms with van der Waals surface area (Å²) in [5.41, 5.74) is 0. The van der Waals surface area contributed by atoms with E-state index >= 15 is 0 Å². The molecule has 1 saturated heterocycles. The van der Waals surface area contributed by atoms with Crippen LogP contribution in [0.2, 0.25) is 0 Å². The number of rotatable bonds is 2. The SMILES string of the molecule is CC1CCC(NC(=O)N2CC(C(=O)O)C2)C1. The number of nitrogens with zero attached hydrogens (tertiary/aromatic N) is 1. The quantitative estimate of drug-likeness (QED) is 0.735. The third kappa shape index (κ3) is 2.28. The predicted octanol–water partition coefficient (Wildman–Crippen LogP) is 0.901. The zero-order chi connectivity index (χ0) is 11.7. The number of carbonyl (C=O) groups is 2. The second-order valence-electron chi connectivity index (χ2n) is 5.00. The fourth-order valence-electron chi connectivity index (χ4n) is 2.40. The fraction of sp³-hybridized carbons (Fsp3) is 0.818. The van der Waals surface area contributed by atoms with E-state index in [0.717, 1.165) is 12.8 Å². The van der Waals surface area contributed by atoms with Crippen LogP contribution in [0.1, 0.15) is 26.2 Å². The van der Waals surface area contributed by atoms with Crippen LogP contribution in [0.5, 0.6) is 0 Å². The van der Waals surface area contributed by atoms with Crippen LogP contribution in [-0.4, -0.2) is 41.1 Å². The van der Waals surface area contributed by atoms with E-state index in [1.165, 1.54) is 6.42 Å². The largest absolute Gasteiger partial charge is 0.481 e. The third-order valence-electron chi connectivity index (χ3n) is 3.54. The van der Waals surface area contributed by atoms with Crippen LogP contribution in [0.3, 0.4) is 0 Å². The molecule has 1 aliphatic heterocycles. The number of carboxylic acids is 1. The van der Waals surface area contributed by atoms with Gasteiger partial charge in [0.25, 0.3) is 0 Å². The van der Waals surface area contributed by atoms with Crippen molar-refractivity contribution in [2.24, 2.45) is 11.8 Å². The van der Waals surface area contributed by atoms with Crippen molar-refractivity contribution in [3.05, 3.63) is 0 Å². The molecule has 1 aliphatic carbocycles. The normalized spacial score (nSPS) is 29.9. The van der Waals surface area contributed by atoms with Gasteiger partial charge in [-0.1, -0.05) is 6.92 Å². The summed E-state index contributed by atoms with van der Waals surface area (Å²) in [6.45, 7) is 2.89. The number of hydrogen-bond acceptors (Lipinski definition) is 2. The monoisotopic (exact) mass is 226 g/mol. The Morgan fingerprint density at radius 3 is 2.50 bits per heavy atom. The number of aliphatic carboxylic acids is 1. The smallest absolute Gasteiger partial charge is 0.317 e. The van der Waals surface area contributed by atoms with Gasteiger partial charge < -0.3 is 15.3 Å². The van der Waals surface area contributed by atoms with Crippen molar-refractivity contribution in [2.45, 2.75) is 32.2 Å². The summed E-state index contributed by atoms with van der Waals surface area (Å²) in [6, 6.07) is 0.183. The molecule has 0 aromatic rings. The van der Waals surface area contributed by atoms with E-state index in [1.54, 1.807) is 4.90 Å². The van der Waals surface area contributed by atoms with Crippen LogP contribution in [-0.2, 0) is 4.79 Å². The molecular formula is C11H18N2O3. The number of nitrogens with one attached hydrogen (secondary N) is 1. The Bertz CT molecular complexity index is 300. The Hall–Kier alpha value is -1.26. The van der Waals surface area contributed by atoms with Gasteiger partial charge in [-0.2, -0.15) is 0 Å². The number of hydrogen-bond donors (Lipinski definition) is 2. The molecule has 5 heteroatoms. The number of carboxylic acid groups (broad SMARTS) is 1. The molecule has 2 rings (SSSR count). The Labute approximate surface area is 94.8 Å². The van der Waals surface area contributed by atoms with Gasteiger partial charge in [0.05, 0.1) is 5.92 Å². The first kappa shape index (κ1) is 11.2. The maximum Gasteiger partial charge on any atom is 0.317 e. The number of carbonyl (C=O) groups excluding carboxylic acids is 1. The van der Waals surface area contributed by atoms with Crippen LogP contribution >= 0.6 is 0 Å². The lowest BCUT2D eigenvalue weighted by Crippen LogP contribution is -2.57. The average Bonchev–Trinajstić information content (AvgIpc) is 2.47. The predicted molar refractivity (Wildman–Crippen MR) is 58.0 cm³/mol. The minimum Gasteiger partial charge on any atom is -0.481 e. The van der Waals surface area contributed by atoms with Crippen molar-refractivity contribution in [1.29, 1.82) is 0 Å². The lowest BCUT2D eigenvalue weighted by Gasteiger charge is -2.37. The maximum atomic E-state index is 11.7. The molecule has 2 unspecified atom stereocenters. The van der Waals surface area contributed by atoms with Gasteiger partial charge in [-0.15, -0.1) is 0 Å². The molecule has 0 aromatic heterocycles. The summed E-state index contributed by atoms with van der Waals surface area (Å²) in [7, 11) is 0. The Balaban J connectivity index is 1.72. The molecule has 0 aromatic carbocycles. The Kier molecular flexibility index (Phi) is 3.03. The molecule has 0 bridgehead atoms. The van der Waals surface area contributed by atoms with Crippen molar-refractivity contribution in [1.82, 2.24) is 10.2 Å². The van der Waals surface area contributed by atoms with Crippen LogP contribution in [0.15, 0.2) is 0 Å². The number of urea groups is 1. The van der Waals surface area contributed by atoms with Gasteiger partial charge in [0, 0.05) is 19.1 Å². The lowest BCUT2D eigenvalue weighted by atomic mass is 10.0. The summed E-state index contributed by atoms with van der Waals surface area (Å²) in [4.78, 5) is 23.8. The Morgan fingerprint density at radius 2 is 2.00 bits per heavy atom. The van der Waals surface area contributed by atoms with E-state index in [9.17, 15) is 9.59 Å². The van der Waals surface area contributed by atoms with E-state index in [4.69, 9.17) is 5.11 Å². The van der Waals surface area contributed by atoms with Crippen molar-refractivity contribution >= 4 is 12.0 Å². The van der Waals surface area contributed by atoms with E-state index in [1.807, 2.05) is 0 Å². The highest BCUT2D eigenvalue weighted by molar-refractivity contribution is 5.79. The van der Waals surface area contributed by atoms with Crippen molar-refractivity contribution in [3.63, 3.8) is 0 Å². The summed E-state index contributed by atoms with van der Waals surface area (Å²) >= 11 is 0. The molecule has 16 heavy (non-hydrogen) atoms. The van der Waals surface area contributed by atoms with Crippen LogP contribution in [0, 0.1) is 11.8 Å². The summed E-state index contributed by atoms with van der Waals surface area (Å²) in [5.74, 6) is -0.486. The van der Waals surface area contributed by atoms with Crippen molar-refractivity contribution in [2.75, 3.05) is 13.1 Å². The molecule has 1 heterocycles. The first-order chi connectivity index (χ1) is 7.56. The van der Waals surface area contributed by atoms with E-state index in [-0.39, 0.29) is 18.0 Å². The molecular weight excluding hydrogens is 208 g/mol. The number of likely N-dealkylation sites (tertiary alicyclic amines) is 1. The Morgan fingerprint density at radius 1 is 1.31 bits per heavy atom. The molecule has 2 aliphatic rings. The van der Waals surface area contributed by atoms with E-state index in [2.05, 4.69) is 12.2 Å². The summed E-state index contributed by atoms with van der Waals surface area (Å²) in [6.07, 6.45) is 3.26. The summed E-state index contributed by atoms with van der Waals surface area (Å²) in [5, 5.41) is 11.7. The molecule has 90 valence electrons. The molecule has 2 amide bonds. The molecule has 2 atom stereocenters. The van der Waals surface area contributed by atoms with Gasteiger partial charge in [-0.05, 0) is 25.2 Å². The average molecular weight is 226 g/mol. The highest BCUT2D eigenvalue weighted by atomic mass is 16.4. The highest BCUT2D eigenvalue weighted by Gasteiger charge is 2.36. The second kappa shape index (κ2) is 4.31. The topological polar surface area (TPSA) is 69.6 Å². The lowest BCUT2D eigenvalue weighted by molar-refractivity contribution is -0.146. The minimum absolute atomic E-state index is 0.100. The van der Waals surface area contributed by atoms with Crippen LogP contribution in [0.25, 0.3) is 0 Å². The zero-order valence-electron chi connectivity index (χ0n) is 9.48. The van der Waals surface area contributed by atoms with E-state index in [0.29, 0.717) is 19.0 Å².